The molecule has 0 radical (unpaired) electrons. The van der Waals surface area contributed by atoms with Crippen LogP contribution in [0.15, 0.2) is 36.4 Å². The topological polar surface area (TPSA) is 63.6 Å². The summed E-state index contributed by atoms with van der Waals surface area (Å²) in [5.74, 6) is -1.26. The van der Waals surface area contributed by atoms with Gasteiger partial charge in [-0.25, -0.2) is 9.59 Å². The number of hydrogen-bond donors (Lipinski definition) is 1. The number of ether oxygens (including phenoxy) is 1. The molecular weight excluding hydrogens is 268 g/mol. The molecule has 106 valence electrons. The third-order valence-corrected chi connectivity index (χ3v) is 3.84. The van der Waals surface area contributed by atoms with Gasteiger partial charge in [-0.2, -0.15) is 0 Å². The van der Waals surface area contributed by atoms with Crippen molar-refractivity contribution in [3.8, 4) is 0 Å². The van der Waals surface area contributed by atoms with Gasteiger partial charge >= 0.3 is 11.9 Å². The first-order valence-corrected chi connectivity index (χ1v) is 6.63. The summed E-state index contributed by atoms with van der Waals surface area (Å²) in [4.78, 5) is 22.6. The summed E-state index contributed by atoms with van der Waals surface area (Å²) in [5.41, 5.74) is 5.21. The van der Waals surface area contributed by atoms with Crippen molar-refractivity contribution in [1.29, 1.82) is 0 Å². The molecule has 1 aliphatic rings. The minimum atomic E-state index is -0.912. The highest BCUT2D eigenvalue weighted by Crippen LogP contribution is 2.28. The molecular formula is C17H14O4. The zero-order chi connectivity index (χ0) is 15.0. The molecule has 2 aromatic carbocycles. The van der Waals surface area contributed by atoms with Crippen LogP contribution in [0.25, 0.3) is 0 Å². The van der Waals surface area contributed by atoms with Crippen LogP contribution in [0.2, 0.25) is 0 Å². The molecule has 0 bridgehead atoms. The SMILES string of the molecule is COC(=O)c1ccc2c(c1)Cc1ccc(C(=O)O)cc1C2. The Labute approximate surface area is 122 Å². The minimum absolute atomic E-state index is 0.309. The van der Waals surface area contributed by atoms with Crippen LogP contribution in [0, 0.1) is 0 Å². The molecule has 0 amide bonds. The van der Waals surface area contributed by atoms with Crippen molar-refractivity contribution in [3.05, 3.63) is 69.8 Å². The highest BCUT2D eigenvalue weighted by atomic mass is 16.5. The van der Waals surface area contributed by atoms with E-state index >= 15 is 0 Å². The van der Waals surface area contributed by atoms with Gasteiger partial charge in [0.1, 0.15) is 0 Å². The standard InChI is InChI=1S/C17H14O4/c1-21-17(20)13-5-3-11-6-14-8-12(16(18)19)4-2-10(14)7-15(11)9-13/h2-5,8-9H,6-7H2,1H3,(H,18,19). The first-order chi connectivity index (χ1) is 10.1. The molecule has 0 atom stereocenters. The van der Waals surface area contributed by atoms with Crippen LogP contribution in [0.4, 0.5) is 0 Å². The molecule has 2 aromatic rings. The molecule has 1 N–H and O–H groups in total. The maximum absolute atomic E-state index is 11.6. The lowest BCUT2D eigenvalue weighted by atomic mass is 9.84. The molecule has 0 unspecified atom stereocenters. The van der Waals surface area contributed by atoms with Crippen LogP contribution in [-0.4, -0.2) is 24.2 Å². The number of hydrogen-bond acceptors (Lipinski definition) is 3. The monoisotopic (exact) mass is 282 g/mol. The van der Waals surface area contributed by atoms with Crippen LogP contribution < -0.4 is 0 Å². The summed E-state index contributed by atoms with van der Waals surface area (Å²) in [6.45, 7) is 0. The van der Waals surface area contributed by atoms with Gasteiger partial charge < -0.3 is 9.84 Å². The van der Waals surface area contributed by atoms with Crippen molar-refractivity contribution >= 4 is 11.9 Å². The number of fused-ring (bicyclic) bond motifs is 2. The summed E-state index contributed by atoms with van der Waals surface area (Å²) >= 11 is 0. The summed E-state index contributed by atoms with van der Waals surface area (Å²) in [5, 5.41) is 9.05. The minimum Gasteiger partial charge on any atom is -0.478 e. The summed E-state index contributed by atoms with van der Waals surface area (Å²) in [7, 11) is 1.37. The fourth-order valence-corrected chi connectivity index (χ4v) is 2.71. The number of rotatable bonds is 2. The van der Waals surface area contributed by atoms with E-state index in [4.69, 9.17) is 9.84 Å². The van der Waals surface area contributed by atoms with Crippen LogP contribution in [0.3, 0.4) is 0 Å². The van der Waals surface area contributed by atoms with E-state index in [1.54, 1.807) is 18.2 Å². The van der Waals surface area contributed by atoms with Crippen LogP contribution in [0.5, 0.6) is 0 Å². The lowest BCUT2D eigenvalue weighted by molar-refractivity contribution is 0.0599. The lowest BCUT2D eigenvalue weighted by Gasteiger charge is -2.20. The van der Waals surface area contributed by atoms with E-state index in [9.17, 15) is 9.59 Å². The Morgan fingerprint density at radius 1 is 0.905 bits per heavy atom. The van der Waals surface area contributed by atoms with Crippen molar-refractivity contribution in [2.24, 2.45) is 0 Å². The maximum Gasteiger partial charge on any atom is 0.337 e. The van der Waals surface area contributed by atoms with Crippen LogP contribution >= 0.6 is 0 Å². The van der Waals surface area contributed by atoms with Gasteiger partial charge in [-0.1, -0.05) is 12.1 Å². The summed E-state index contributed by atoms with van der Waals surface area (Å²) in [6.07, 6.45) is 1.39. The number of methoxy groups -OCH3 is 1. The van der Waals surface area contributed by atoms with Crippen LogP contribution in [0.1, 0.15) is 43.0 Å². The molecule has 4 nitrogen and oxygen atoms in total. The van der Waals surface area contributed by atoms with Gasteiger partial charge in [0.2, 0.25) is 0 Å². The predicted molar refractivity (Wildman–Crippen MR) is 76.8 cm³/mol. The Kier molecular flexibility index (Phi) is 3.22. The number of benzene rings is 2. The Bertz CT molecular complexity index is 746. The zero-order valence-corrected chi connectivity index (χ0v) is 11.6. The molecule has 0 heterocycles. The van der Waals surface area contributed by atoms with Gasteiger partial charge in [-0.05, 0) is 59.4 Å². The predicted octanol–water partition coefficient (Wildman–Crippen LogP) is 2.67. The summed E-state index contributed by atoms with van der Waals surface area (Å²) in [6, 6.07) is 10.7. The number of carboxylic acids is 1. The Balaban J connectivity index is 1.98. The second-order valence-electron chi connectivity index (χ2n) is 5.12. The second-order valence-corrected chi connectivity index (χ2v) is 5.12. The molecule has 4 heteroatoms. The number of esters is 1. The van der Waals surface area contributed by atoms with E-state index in [2.05, 4.69) is 0 Å². The van der Waals surface area contributed by atoms with E-state index in [0.717, 1.165) is 22.3 Å². The van der Waals surface area contributed by atoms with Crippen molar-refractivity contribution in [3.63, 3.8) is 0 Å². The van der Waals surface area contributed by atoms with Gasteiger partial charge in [0.05, 0.1) is 18.2 Å². The van der Waals surface area contributed by atoms with Crippen molar-refractivity contribution in [2.75, 3.05) is 7.11 Å². The average molecular weight is 282 g/mol. The van der Waals surface area contributed by atoms with E-state index in [0.29, 0.717) is 24.0 Å². The largest absolute Gasteiger partial charge is 0.478 e. The van der Waals surface area contributed by atoms with E-state index < -0.39 is 5.97 Å². The van der Waals surface area contributed by atoms with Gasteiger partial charge in [-0.15, -0.1) is 0 Å². The number of aromatic carboxylic acids is 1. The average Bonchev–Trinajstić information content (AvgIpc) is 2.50. The number of carbonyl (C=O) groups excluding carboxylic acids is 1. The van der Waals surface area contributed by atoms with Gasteiger partial charge in [0, 0.05) is 0 Å². The summed E-state index contributed by atoms with van der Waals surface area (Å²) < 4.78 is 4.73. The molecule has 0 saturated carbocycles. The van der Waals surface area contributed by atoms with E-state index in [-0.39, 0.29) is 5.97 Å². The van der Waals surface area contributed by atoms with Crippen molar-refractivity contribution in [1.82, 2.24) is 0 Å². The molecule has 21 heavy (non-hydrogen) atoms. The first kappa shape index (κ1) is 13.4. The molecule has 3 rings (SSSR count). The highest BCUT2D eigenvalue weighted by Gasteiger charge is 2.18. The molecule has 0 saturated heterocycles. The smallest absolute Gasteiger partial charge is 0.337 e. The zero-order valence-electron chi connectivity index (χ0n) is 11.6. The Morgan fingerprint density at radius 2 is 1.43 bits per heavy atom. The molecule has 1 aliphatic carbocycles. The third kappa shape index (κ3) is 2.40. The van der Waals surface area contributed by atoms with E-state index in [1.165, 1.54) is 7.11 Å². The molecule has 0 fully saturated rings. The molecule has 0 spiro atoms. The van der Waals surface area contributed by atoms with E-state index in [1.807, 2.05) is 18.2 Å². The molecule has 0 aromatic heterocycles. The van der Waals surface area contributed by atoms with Gasteiger partial charge in [0.15, 0.2) is 0 Å². The lowest BCUT2D eigenvalue weighted by Crippen LogP contribution is -2.11. The van der Waals surface area contributed by atoms with Crippen LogP contribution in [-0.2, 0) is 17.6 Å². The Hall–Kier alpha value is -2.62. The fourth-order valence-electron chi connectivity index (χ4n) is 2.71. The first-order valence-electron chi connectivity index (χ1n) is 6.63. The normalized spacial score (nSPS) is 12.2. The quantitative estimate of drug-likeness (QED) is 0.734. The maximum atomic E-state index is 11.6. The highest BCUT2D eigenvalue weighted by molar-refractivity contribution is 5.90. The Morgan fingerprint density at radius 3 is 1.95 bits per heavy atom. The van der Waals surface area contributed by atoms with Crippen molar-refractivity contribution < 1.29 is 19.4 Å². The van der Waals surface area contributed by atoms with Gasteiger partial charge in [0.25, 0.3) is 0 Å². The van der Waals surface area contributed by atoms with Gasteiger partial charge in [-0.3, -0.25) is 0 Å². The number of carbonyl (C=O) groups is 2. The fraction of sp³-hybridized carbons (Fsp3) is 0.176. The molecule has 0 aliphatic heterocycles. The number of carboxylic acid groups (broad SMARTS) is 1. The second kappa shape index (κ2) is 5.05. The third-order valence-electron chi connectivity index (χ3n) is 3.84. The van der Waals surface area contributed by atoms with Crippen molar-refractivity contribution in [2.45, 2.75) is 12.8 Å².